The molecule has 0 saturated heterocycles. The van der Waals surface area contributed by atoms with Crippen LogP contribution in [-0.4, -0.2) is 28.0 Å². The van der Waals surface area contributed by atoms with Gasteiger partial charge in [-0.3, -0.25) is 10.1 Å². The Bertz CT molecular complexity index is 935. The lowest BCUT2D eigenvalue weighted by molar-refractivity contribution is -0.116. The molecule has 2 atom stereocenters. The summed E-state index contributed by atoms with van der Waals surface area (Å²) >= 11 is 13.8. The van der Waals surface area contributed by atoms with E-state index in [9.17, 15) is 4.79 Å². The van der Waals surface area contributed by atoms with Crippen LogP contribution in [0.3, 0.4) is 0 Å². The Morgan fingerprint density at radius 1 is 1.07 bits per heavy atom. The molecule has 2 aromatic carbocycles. The van der Waals surface area contributed by atoms with Crippen molar-refractivity contribution in [3.63, 3.8) is 0 Å². The van der Waals surface area contributed by atoms with E-state index in [1.807, 2.05) is 49.4 Å². The number of nitrogens with one attached hydrogen (secondary N) is 2. The Kier molecular flexibility index (Phi) is 7.86. The Balaban J connectivity index is 1.70. The van der Waals surface area contributed by atoms with Gasteiger partial charge in [0.05, 0.1) is 0 Å². The van der Waals surface area contributed by atoms with E-state index < -0.39 is 5.38 Å². The molecule has 1 amide bonds. The zero-order chi connectivity index (χ0) is 20.6. The molecule has 0 aliphatic rings. The van der Waals surface area contributed by atoms with E-state index >= 15 is 0 Å². The topological polar surface area (TPSA) is 66.9 Å². The molecule has 2 N–H and O–H groups in total. The molecule has 0 aliphatic heterocycles. The molecule has 29 heavy (non-hydrogen) atoms. The average molecular weight is 449 g/mol. The van der Waals surface area contributed by atoms with Crippen LogP contribution in [0.1, 0.15) is 36.8 Å². The van der Waals surface area contributed by atoms with Gasteiger partial charge < -0.3 is 5.32 Å². The van der Waals surface area contributed by atoms with Gasteiger partial charge in [-0.05, 0) is 23.6 Å². The molecule has 0 fully saturated rings. The summed E-state index contributed by atoms with van der Waals surface area (Å²) in [7, 11) is 0. The van der Waals surface area contributed by atoms with Crippen LogP contribution in [0.25, 0.3) is 0 Å². The molecule has 3 rings (SSSR count). The predicted molar refractivity (Wildman–Crippen MR) is 121 cm³/mol. The van der Waals surface area contributed by atoms with E-state index in [2.05, 4.69) is 33.0 Å². The molecular formula is C21H22Cl2N4OS. The number of aromatic nitrogens is 2. The third-order valence-corrected chi connectivity index (χ3v) is 5.98. The molecule has 2 unspecified atom stereocenters. The minimum absolute atomic E-state index is 0.0450. The monoisotopic (exact) mass is 448 g/mol. The van der Waals surface area contributed by atoms with Crippen LogP contribution in [0.4, 0.5) is 10.3 Å². The fourth-order valence-electron chi connectivity index (χ4n) is 2.95. The lowest BCUT2D eigenvalue weighted by Gasteiger charge is -2.19. The summed E-state index contributed by atoms with van der Waals surface area (Å²) in [5.74, 6) is -0.210. The van der Waals surface area contributed by atoms with Crippen molar-refractivity contribution in [2.75, 3.05) is 17.2 Å². The quantitative estimate of drug-likeness (QED) is 0.407. The van der Waals surface area contributed by atoms with Gasteiger partial charge in [0.2, 0.25) is 16.2 Å². The van der Waals surface area contributed by atoms with Gasteiger partial charge in [-0.25, -0.2) is 0 Å². The van der Waals surface area contributed by atoms with Crippen LogP contribution >= 0.6 is 34.5 Å². The highest BCUT2D eigenvalue weighted by atomic mass is 35.5. The van der Waals surface area contributed by atoms with E-state index in [0.29, 0.717) is 23.2 Å². The van der Waals surface area contributed by atoms with E-state index in [1.165, 1.54) is 11.3 Å². The molecule has 0 saturated carbocycles. The highest BCUT2D eigenvalue weighted by Crippen LogP contribution is 2.31. The van der Waals surface area contributed by atoms with Crippen molar-refractivity contribution < 1.29 is 4.79 Å². The number of halogens is 2. The summed E-state index contributed by atoms with van der Waals surface area (Å²) in [5.41, 5.74) is 2.19. The Morgan fingerprint density at radius 3 is 2.48 bits per heavy atom. The molecule has 3 aromatic rings. The number of carbonyl (C=O) groups is 1. The third-order valence-electron chi connectivity index (χ3n) is 4.42. The lowest BCUT2D eigenvalue weighted by atomic mass is 9.91. The van der Waals surface area contributed by atoms with Crippen LogP contribution in [0.5, 0.6) is 0 Å². The molecule has 0 spiro atoms. The molecule has 1 aromatic heterocycles. The summed E-state index contributed by atoms with van der Waals surface area (Å²) in [5, 5.41) is 15.4. The van der Waals surface area contributed by atoms with Crippen molar-refractivity contribution in [2.45, 2.75) is 31.1 Å². The molecule has 0 radical (unpaired) electrons. The van der Waals surface area contributed by atoms with Crippen LogP contribution in [0.2, 0.25) is 5.02 Å². The number of amides is 1. The van der Waals surface area contributed by atoms with E-state index in [-0.39, 0.29) is 11.8 Å². The van der Waals surface area contributed by atoms with E-state index in [4.69, 9.17) is 23.2 Å². The molecule has 5 nitrogen and oxygen atoms in total. The van der Waals surface area contributed by atoms with Crippen LogP contribution in [0, 0.1) is 0 Å². The normalized spacial score (nSPS) is 12.9. The minimum Gasteiger partial charge on any atom is -0.359 e. The maximum Gasteiger partial charge on any atom is 0.244 e. The van der Waals surface area contributed by atoms with Crippen LogP contribution in [-0.2, 0) is 4.79 Å². The summed E-state index contributed by atoms with van der Waals surface area (Å²) in [6.45, 7) is 2.57. The van der Waals surface area contributed by atoms with Gasteiger partial charge in [0.1, 0.15) is 5.38 Å². The number of nitrogens with zero attached hydrogens (tertiary/aromatic N) is 2. The van der Waals surface area contributed by atoms with Crippen molar-refractivity contribution in [3.8, 4) is 0 Å². The predicted octanol–water partition coefficient (Wildman–Crippen LogP) is 5.78. The molecular weight excluding hydrogens is 427 g/mol. The van der Waals surface area contributed by atoms with Gasteiger partial charge in [0.15, 0.2) is 0 Å². The van der Waals surface area contributed by atoms with Crippen molar-refractivity contribution in [1.82, 2.24) is 10.2 Å². The SMILES string of the molecule is CCCC(Cl)C(=O)Nc1nnc(NCC(c2ccccc2)c2ccccc2Cl)s1. The first-order valence-corrected chi connectivity index (χ1v) is 11.0. The van der Waals surface area contributed by atoms with Crippen molar-refractivity contribution in [2.24, 2.45) is 0 Å². The second-order valence-electron chi connectivity index (χ2n) is 6.52. The average Bonchev–Trinajstić information content (AvgIpc) is 3.17. The highest BCUT2D eigenvalue weighted by Gasteiger charge is 2.19. The van der Waals surface area contributed by atoms with Crippen LogP contribution in [0.15, 0.2) is 54.6 Å². The van der Waals surface area contributed by atoms with E-state index in [1.54, 1.807) is 0 Å². The van der Waals surface area contributed by atoms with Crippen LogP contribution < -0.4 is 10.6 Å². The Morgan fingerprint density at radius 2 is 1.76 bits per heavy atom. The fourth-order valence-corrected chi connectivity index (χ4v) is 4.15. The Hall–Kier alpha value is -2.15. The largest absolute Gasteiger partial charge is 0.359 e. The highest BCUT2D eigenvalue weighted by molar-refractivity contribution is 7.19. The molecule has 8 heteroatoms. The number of anilines is 2. The Labute approximate surface area is 184 Å². The summed E-state index contributed by atoms with van der Waals surface area (Å²) < 4.78 is 0. The lowest BCUT2D eigenvalue weighted by Crippen LogP contribution is -2.22. The second-order valence-corrected chi connectivity index (χ2v) is 8.44. The second kappa shape index (κ2) is 10.6. The molecule has 0 aliphatic carbocycles. The number of hydrogen-bond acceptors (Lipinski definition) is 5. The first-order chi connectivity index (χ1) is 14.1. The maximum atomic E-state index is 12.0. The standard InChI is InChI=1S/C21H22Cl2N4OS/c1-2-8-18(23)19(28)25-21-27-26-20(29-21)24-13-16(14-9-4-3-5-10-14)15-11-6-7-12-17(15)22/h3-7,9-12,16,18H,2,8,13H2,1H3,(H,24,26)(H,25,27,28). The zero-order valence-corrected chi connectivity index (χ0v) is 18.3. The fraction of sp³-hybridized carbons (Fsp3) is 0.286. The summed E-state index contributed by atoms with van der Waals surface area (Å²) in [6, 6.07) is 18.0. The molecule has 0 bridgehead atoms. The first kappa shape index (κ1) is 21.6. The van der Waals surface area contributed by atoms with Gasteiger partial charge in [0, 0.05) is 17.5 Å². The smallest absolute Gasteiger partial charge is 0.244 e. The number of alkyl halides is 1. The molecule has 152 valence electrons. The number of benzene rings is 2. The summed E-state index contributed by atoms with van der Waals surface area (Å²) in [6.07, 6.45) is 1.46. The third kappa shape index (κ3) is 5.92. The first-order valence-electron chi connectivity index (χ1n) is 9.40. The van der Waals surface area contributed by atoms with Gasteiger partial charge >= 0.3 is 0 Å². The molecule has 1 heterocycles. The number of rotatable bonds is 9. The summed E-state index contributed by atoms with van der Waals surface area (Å²) in [4.78, 5) is 12.0. The van der Waals surface area contributed by atoms with Crippen molar-refractivity contribution in [3.05, 3.63) is 70.7 Å². The van der Waals surface area contributed by atoms with Crippen molar-refractivity contribution >= 4 is 50.7 Å². The van der Waals surface area contributed by atoms with Crippen molar-refractivity contribution in [1.29, 1.82) is 0 Å². The van der Waals surface area contributed by atoms with Gasteiger partial charge in [-0.15, -0.1) is 21.8 Å². The van der Waals surface area contributed by atoms with Gasteiger partial charge in [-0.1, -0.05) is 84.8 Å². The zero-order valence-electron chi connectivity index (χ0n) is 15.9. The van der Waals surface area contributed by atoms with E-state index in [0.717, 1.165) is 22.6 Å². The number of hydrogen-bond donors (Lipinski definition) is 2. The minimum atomic E-state index is -0.567. The van der Waals surface area contributed by atoms with Gasteiger partial charge in [-0.2, -0.15) is 0 Å². The van der Waals surface area contributed by atoms with Gasteiger partial charge in [0.25, 0.3) is 0 Å². The maximum absolute atomic E-state index is 12.0. The number of carbonyl (C=O) groups excluding carboxylic acids is 1.